The predicted molar refractivity (Wildman–Crippen MR) is 73.7 cm³/mol. The largest absolute Gasteiger partial charge is 0.477 e. The van der Waals surface area contributed by atoms with Gasteiger partial charge in [0.1, 0.15) is 5.56 Å². The fourth-order valence-electron chi connectivity index (χ4n) is 1.99. The first-order valence-electron chi connectivity index (χ1n) is 5.95. The molecule has 1 aromatic carbocycles. The minimum absolute atomic E-state index is 0.231. The molecule has 0 bridgehead atoms. The minimum Gasteiger partial charge on any atom is -0.477 e. The molecule has 0 amide bonds. The fraction of sp³-hybridized carbons (Fsp3) is 0.200. The number of carboxylic acids is 1. The van der Waals surface area contributed by atoms with Gasteiger partial charge < -0.3 is 10.1 Å². The number of carbonyl (C=O) groups is 1. The Labute approximate surface area is 110 Å². The molecule has 1 heterocycles. The molecule has 0 saturated carbocycles. The molecule has 4 heteroatoms. The van der Waals surface area contributed by atoms with Gasteiger partial charge in [0, 0.05) is 0 Å². The predicted octanol–water partition coefficient (Wildman–Crippen LogP) is 2.67. The average molecular weight is 257 g/mol. The van der Waals surface area contributed by atoms with E-state index in [0.717, 1.165) is 16.7 Å². The molecule has 0 unspecified atom stereocenters. The molecule has 0 saturated heterocycles. The molecule has 0 spiro atoms. The molecule has 0 aliphatic rings. The van der Waals surface area contributed by atoms with Crippen LogP contribution in [0, 0.1) is 20.8 Å². The number of rotatable bonds is 2. The van der Waals surface area contributed by atoms with Crippen LogP contribution in [0.3, 0.4) is 0 Å². The van der Waals surface area contributed by atoms with Crippen molar-refractivity contribution >= 4 is 5.97 Å². The zero-order valence-electron chi connectivity index (χ0n) is 11.1. The number of carboxylic acid groups (broad SMARTS) is 1. The molecule has 0 aliphatic carbocycles. The molecule has 1 aromatic heterocycles. The highest BCUT2D eigenvalue weighted by Gasteiger charge is 2.12. The van der Waals surface area contributed by atoms with Crippen molar-refractivity contribution in [2.24, 2.45) is 0 Å². The number of aromatic amines is 1. The summed E-state index contributed by atoms with van der Waals surface area (Å²) in [6, 6.07) is 7.29. The first-order chi connectivity index (χ1) is 8.90. The van der Waals surface area contributed by atoms with E-state index in [4.69, 9.17) is 5.11 Å². The quantitative estimate of drug-likeness (QED) is 0.868. The highest BCUT2D eigenvalue weighted by atomic mass is 16.4. The molecule has 2 N–H and O–H groups in total. The van der Waals surface area contributed by atoms with Crippen LogP contribution < -0.4 is 5.56 Å². The Balaban J connectivity index is 2.63. The summed E-state index contributed by atoms with van der Waals surface area (Å²) >= 11 is 0. The summed E-state index contributed by atoms with van der Waals surface area (Å²) in [7, 11) is 0. The van der Waals surface area contributed by atoms with E-state index in [2.05, 4.69) is 4.98 Å². The third-order valence-electron chi connectivity index (χ3n) is 3.26. The topological polar surface area (TPSA) is 70.2 Å². The number of pyridine rings is 1. The Bertz CT molecular complexity index is 714. The second kappa shape index (κ2) is 4.72. The number of benzene rings is 1. The van der Waals surface area contributed by atoms with Gasteiger partial charge in [-0.15, -0.1) is 0 Å². The smallest absolute Gasteiger partial charge is 0.341 e. The van der Waals surface area contributed by atoms with E-state index in [0.29, 0.717) is 5.69 Å². The molecule has 98 valence electrons. The molecule has 2 aromatic rings. The highest BCUT2D eigenvalue weighted by Crippen LogP contribution is 2.22. The average Bonchev–Trinajstić information content (AvgIpc) is 2.35. The van der Waals surface area contributed by atoms with Crippen LogP contribution in [0.5, 0.6) is 0 Å². The van der Waals surface area contributed by atoms with Gasteiger partial charge in [-0.1, -0.05) is 12.1 Å². The van der Waals surface area contributed by atoms with Crippen LogP contribution in [0.2, 0.25) is 0 Å². The van der Waals surface area contributed by atoms with Crippen LogP contribution >= 0.6 is 0 Å². The summed E-state index contributed by atoms with van der Waals surface area (Å²) < 4.78 is 0. The van der Waals surface area contributed by atoms with E-state index in [-0.39, 0.29) is 5.56 Å². The van der Waals surface area contributed by atoms with Crippen LogP contribution in [-0.2, 0) is 0 Å². The zero-order chi connectivity index (χ0) is 14.2. The summed E-state index contributed by atoms with van der Waals surface area (Å²) in [4.78, 5) is 25.3. The molecular weight excluding hydrogens is 242 g/mol. The van der Waals surface area contributed by atoms with Crippen molar-refractivity contribution in [1.29, 1.82) is 0 Å². The van der Waals surface area contributed by atoms with E-state index in [1.54, 1.807) is 6.92 Å². The van der Waals surface area contributed by atoms with E-state index in [1.807, 2.05) is 32.0 Å². The maximum Gasteiger partial charge on any atom is 0.341 e. The van der Waals surface area contributed by atoms with Crippen molar-refractivity contribution in [2.45, 2.75) is 20.8 Å². The van der Waals surface area contributed by atoms with Crippen molar-refractivity contribution in [1.82, 2.24) is 4.98 Å². The van der Waals surface area contributed by atoms with Gasteiger partial charge in [0.2, 0.25) is 0 Å². The lowest BCUT2D eigenvalue weighted by atomic mass is 10.0. The Morgan fingerprint density at radius 1 is 1.05 bits per heavy atom. The Morgan fingerprint density at radius 2 is 1.74 bits per heavy atom. The highest BCUT2D eigenvalue weighted by molar-refractivity contribution is 5.88. The molecule has 0 fully saturated rings. The second-order valence-corrected chi connectivity index (χ2v) is 4.67. The summed E-state index contributed by atoms with van der Waals surface area (Å²) in [5.41, 5.74) is 3.77. The molecular formula is C15H15NO3. The van der Waals surface area contributed by atoms with Gasteiger partial charge in [0.05, 0.1) is 5.69 Å². The number of nitrogens with one attached hydrogen (secondary N) is 1. The SMILES string of the molecule is Cc1ccc(-c2[nH]c(=O)c(C(=O)O)cc2C)cc1C. The lowest BCUT2D eigenvalue weighted by Crippen LogP contribution is -2.18. The Morgan fingerprint density at radius 3 is 2.32 bits per heavy atom. The summed E-state index contributed by atoms with van der Waals surface area (Å²) in [6.45, 7) is 5.80. The molecule has 4 nitrogen and oxygen atoms in total. The van der Waals surface area contributed by atoms with Crippen molar-refractivity contribution in [3.8, 4) is 11.3 Å². The van der Waals surface area contributed by atoms with Crippen molar-refractivity contribution in [2.75, 3.05) is 0 Å². The number of hydrogen-bond acceptors (Lipinski definition) is 2. The van der Waals surface area contributed by atoms with Crippen molar-refractivity contribution in [3.63, 3.8) is 0 Å². The number of aromatic carboxylic acids is 1. The lowest BCUT2D eigenvalue weighted by molar-refractivity contribution is 0.0695. The normalized spacial score (nSPS) is 10.5. The van der Waals surface area contributed by atoms with E-state index in [1.165, 1.54) is 11.6 Å². The van der Waals surface area contributed by atoms with Gasteiger partial charge >= 0.3 is 5.97 Å². The van der Waals surface area contributed by atoms with Crippen LogP contribution in [0.25, 0.3) is 11.3 Å². The zero-order valence-corrected chi connectivity index (χ0v) is 11.1. The third kappa shape index (κ3) is 2.42. The van der Waals surface area contributed by atoms with Gasteiger partial charge in [0.25, 0.3) is 5.56 Å². The van der Waals surface area contributed by atoms with E-state index < -0.39 is 11.5 Å². The van der Waals surface area contributed by atoms with Crippen molar-refractivity contribution < 1.29 is 9.90 Å². The van der Waals surface area contributed by atoms with E-state index >= 15 is 0 Å². The minimum atomic E-state index is -1.21. The lowest BCUT2D eigenvalue weighted by Gasteiger charge is -2.09. The van der Waals surface area contributed by atoms with Crippen LogP contribution in [-0.4, -0.2) is 16.1 Å². The van der Waals surface area contributed by atoms with Gasteiger partial charge in [-0.2, -0.15) is 0 Å². The maximum absolute atomic E-state index is 11.7. The summed E-state index contributed by atoms with van der Waals surface area (Å²) in [6.07, 6.45) is 0. The number of aromatic nitrogens is 1. The van der Waals surface area contributed by atoms with Gasteiger partial charge in [0.15, 0.2) is 0 Å². The second-order valence-electron chi connectivity index (χ2n) is 4.67. The first-order valence-corrected chi connectivity index (χ1v) is 5.95. The van der Waals surface area contributed by atoms with E-state index in [9.17, 15) is 9.59 Å². The molecule has 0 aliphatic heterocycles. The van der Waals surface area contributed by atoms with Gasteiger partial charge in [-0.3, -0.25) is 4.79 Å². The summed E-state index contributed by atoms with van der Waals surface area (Å²) in [5.74, 6) is -1.21. The number of H-pyrrole nitrogens is 1. The summed E-state index contributed by atoms with van der Waals surface area (Å²) in [5, 5.41) is 8.91. The Kier molecular flexibility index (Phi) is 3.25. The number of hydrogen-bond donors (Lipinski definition) is 2. The van der Waals surface area contributed by atoms with Crippen molar-refractivity contribution in [3.05, 3.63) is 56.9 Å². The van der Waals surface area contributed by atoms with Crippen LogP contribution in [0.4, 0.5) is 0 Å². The third-order valence-corrected chi connectivity index (χ3v) is 3.26. The van der Waals surface area contributed by atoms with Crippen LogP contribution in [0.1, 0.15) is 27.0 Å². The number of aryl methyl sites for hydroxylation is 3. The Hall–Kier alpha value is -2.36. The molecule has 0 radical (unpaired) electrons. The first kappa shape index (κ1) is 13.1. The van der Waals surface area contributed by atoms with Gasteiger partial charge in [-0.05, 0) is 55.2 Å². The molecule has 19 heavy (non-hydrogen) atoms. The van der Waals surface area contributed by atoms with Gasteiger partial charge in [-0.25, -0.2) is 4.79 Å². The molecule has 0 atom stereocenters. The monoisotopic (exact) mass is 257 g/mol. The standard InChI is InChI=1S/C15H15NO3/c1-8-4-5-11(6-9(8)2)13-10(3)7-12(15(18)19)14(17)16-13/h4-7H,1-3H3,(H,16,17)(H,18,19). The maximum atomic E-state index is 11.7. The van der Waals surface area contributed by atoms with Crippen LogP contribution in [0.15, 0.2) is 29.1 Å². The fourth-order valence-corrected chi connectivity index (χ4v) is 1.99. The molecule has 2 rings (SSSR count).